The fourth-order valence-corrected chi connectivity index (χ4v) is 5.57. The third kappa shape index (κ3) is 4.47. The van der Waals surface area contributed by atoms with Crippen LogP contribution in [0.1, 0.15) is 87.5 Å². The quantitative estimate of drug-likeness (QED) is 0.740. The number of nitrogens with zero attached hydrogens (tertiary/aromatic N) is 5. The first-order valence-electron chi connectivity index (χ1n) is 10.5. The molecule has 7 nitrogen and oxygen atoms in total. The molecule has 0 atom stereocenters. The molecule has 1 aromatic rings. The van der Waals surface area contributed by atoms with Crippen molar-refractivity contribution in [1.82, 2.24) is 20.0 Å². The van der Waals surface area contributed by atoms with Crippen LogP contribution in [0.3, 0.4) is 0 Å². The third-order valence-corrected chi connectivity index (χ3v) is 6.61. The molecule has 0 unspecified atom stereocenters. The molecule has 2 fully saturated rings. The summed E-state index contributed by atoms with van der Waals surface area (Å²) in [5.41, 5.74) is -1.00. The summed E-state index contributed by atoms with van der Waals surface area (Å²) in [6.07, 6.45) is 4.49. The maximum Gasteiger partial charge on any atom is 0.322 e. The van der Waals surface area contributed by atoms with Crippen molar-refractivity contribution in [3.05, 3.63) is 5.28 Å². The number of halogens is 1. The summed E-state index contributed by atoms with van der Waals surface area (Å²) >= 11 is 6.29. The molecule has 0 spiro atoms. The second kappa shape index (κ2) is 7.20. The van der Waals surface area contributed by atoms with Crippen LogP contribution in [0.2, 0.25) is 5.28 Å². The van der Waals surface area contributed by atoms with Crippen molar-refractivity contribution in [3.63, 3.8) is 0 Å². The molecular weight excluding hydrogens is 390 g/mol. The van der Waals surface area contributed by atoms with Gasteiger partial charge in [-0.05, 0) is 86.3 Å². The molecule has 0 amide bonds. The number of anilines is 1. The first kappa shape index (κ1) is 22.5. The van der Waals surface area contributed by atoms with E-state index in [1.54, 1.807) is 0 Å². The van der Waals surface area contributed by atoms with E-state index < -0.39 is 11.1 Å². The van der Waals surface area contributed by atoms with Crippen molar-refractivity contribution < 1.29 is 9.94 Å². The minimum Gasteiger partial charge on any atom is -0.460 e. The lowest BCUT2D eigenvalue weighted by molar-refractivity contribution is -0.255. The molecule has 0 aromatic carbocycles. The zero-order valence-corrected chi connectivity index (χ0v) is 19.8. The molecule has 0 bridgehead atoms. The Labute approximate surface area is 179 Å². The lowest BCUT2D eigenvalue weighted by Gasteiger charge is -2.53. The van der Waals surface area contributed by atoms with Gasteiger partial charge >= 0.3 is 6.01 Å². The Morgan fingerprint density at radius 2 is 1.38 bits per heavy atom. The maximum atomic E-state index is 10.5. The van der Waals surface area contributed by atoms with Crippen molar-refractivity contribution >= 4 is 17.5 Å². The van der Waals surface area contributed by atoms with E-state index in [1.807, 2.05) is 27.7 Å². The van der Waals surface area contributed by atoms with Gasteiger partial charge in [0.15, 0.2) is 0 Å². The highest BCUT2D eigenvalue weighted by Gasteiger charge is 2.47. The van der Waals surface area contributed by atoms with Crippen LogP contribution < -0.4 is 9.64 Å². The van der Waals surface area contributed by atoms with Crippen LogP contribution in [0.4, 0.5) is 5.95 Å². The number of hydroxylamine groups is 2. The number of hydrogen-bond donors (Lipinski definition) is 1. The molecule has 164 valence electrons. The summed E-state index contributed by atoms with van der Waals surface area (Å²) in [6.45, 7) is 16.9. The second-order valence-electron chi connectivity index (χ2n) is 11.1. The van der Waals surface area contributed by atoms with E-state index in [2.05, 4.69) is 47.5 Å². The molecule has 0 radical (unpaired) electrons. The largest absolute Gasteiger partial charge is 0.460 e. The number of rotatable bonds is 3. The molecule has 3 rings (SSSR count). The Bertz CT molecular complexity index is 731. The van der Waals surface area contributed by atoms with E-state index in [0.29, 0.717) is 18.8 Å². The van der Waals surface area contributed by atoms with Crippen LogP contribution in [0.25, 0.3) is 0 Å². The third-order valence-electron chi connectivity index (χ3n) is 6.44. The van der Waals surface area contributed by atoms with Gasteiger partial charge in [0.1, 0.15) is 6.10 Å². The van der Waals surface area contributed by atoms with Crippen LogP contribution >= 0.6 is 11.6 Å². The zero-order chi connectivity index (χ0) is 21.8. The minimum atomic E-state index is -0.414. The fraction of sp³-hybridized carbons (Fsp3) is 0.857. The van der Waals surface area contributed by atoms with E-state index in [-0.39, 0.29) is 28.5 Å². The summed E-state index contributed by atoms with van der Waals surface area (Å²) in [5, 5.41) is 12.1. The van der Waals surface area contributed by atoms with Gasteiger partial charge in [-0.25, -0.2) is 0 Å². The Morgan fingerprint density at radius 1 is 0.862 bits per heavy atom. The Kier molecular flexibility index (Phi) is 5.59. The average Bonchev–Trinajstić information content (AvgIpc) is 2.49. The van der Waals surface area contributed by atoms with Crippen molar-refractivity contribution in [2.24, 2.45) is 0 Å². The first-order valence-corrected chi connectivity index (χ1v) is 10.9. The Hall–Kier alpha value is -1.18. The van der Waals surface area contributed by atoms with E-state index in [1.165, 1.54) is 11.5 Å². The summed E-state index contributed by atoms with van der Waals surface area (Å²) in [5.74, 6) is 0.563. The van der Waals surface area contributed by atoms with Gasteiger partial charge in [-0.1, -0.05) is 0 Å². The highest BCUT2D eigenvalue weighted by molar-refractivity contribution is 6.28. The van der Waals surface area contributed by atoms with E-state index in [0.717, 1.165) is 12.8 Å². The Morgan fingerprint density at radius 3 is 1.90 bits per heavy atom. The summed E-state index contributed by atoms with van der Waals surface area (Å²) in [7, 11) is 0. The normalized spacial score (nSPS) is 26.3. The van der Waals surface area contributed by atoms with Gasteiger partial charge in [0.05, 0.1) is 0 Å². The standard InChI is InChI=1S/C21H36ClN5O2/c1-18(2)10-9-11-19(3,4)26(18)16-23-15(22)24-17(25-16)29-14-12-20(5,6)27(28)21(7,8)13-14/h14,28H,9-13H2,1-8H3. The van der Waals surface area contributed by atoms with Crippen LogP contribution in [-0.2, 0) is 0 Å². The van der Waals surface area contributed by atoms with E-state index in [4.69, 9.17) is 16.3 Å². The number of hydrogen-bond acceptors (Lipinski definition) is 7. The number of piperidine rings is 2. The van der Waals surface area contributed by atoms with Gasteiger partial charge < -0.3 is 14.8 Å². The van der Waals surface area contributed by atoms with Gasteiger partial charge in [0.25, 0.3) is 0 Å². The number of aromatic nitrogens is 3. The molecule has 2 aliphatic rings. The molecular formula is C21H36ClN5O2. The first-order chi connectivity index (χ1) is 13.1. The van der Waals surface area contributed by atoms with Crippen molar-refractivity contribution in [2.45, 2.75) is 116 Å². The lowest BCUT2D eigenvalue weighted by Crippen LogP contribution is -2.61. The molecule has 1 aromatic heterocycles. The van der Waals surface area contributed by atoms with Crippen LogP contribution in [0.15, 0.2) is 0 Å². The topological polar surface area (TPSA) is 74.6 Å². The van der Waals surface area contributed by atoms with E-state index >= 15 is 0 Å². The maximum absolute atomic E-state index is 10.5. The van der Waals surface area contributed by atoms with Crippen LogP contribution in [-0.4, -0.2) is 53.5 Å². The predicted octanol–water partition coefficient (Wildman–Crippen LogP) is 4.86. The van der Waals surface area contributed by atoms with Crippen molar-refractivity contribution in [2.75, 3.05) is 4.90 Å². The highest BCUT2D eigenvalue weighted by Crippen LogP contribution is 2.42. The summed E-state index contributed by atoms with van der Waals surface area (Å²) in [6, 6.07) is 0.250. The van der Waals surface area contributed by atoms with Gasteiger partial charge in [0.2, 0.25) is 11.2 Å². The van der Waals surface area contributed by atoms with Crippen molar-refractivity contribution in [3.8, 4) is 6.01 Å². The molecule has 2 saturated heterocycles. The molecule has 2 aliphatic heterocycles. The summed E-state index contributed by atoms with van der Waals surface area (Å²) < 4.78 is 6.21. The number of ether oxygens (including phenoxy) is 1. The van der Waals surface area contributed by atoms with Gasteiger partial charge in [0, 0.05) is 35.0 Å². The second-order valence-corrected chi connectivity index (χ2v) is 11.4. The Balaban J connectivity index is 1.90. The predicted molar refractivity (Wildman–Crippen MR) is 115 cm³/mol. The molecule has 0 saturated carbocycles. The smallest absolute Gasteiger partial charge is 0.322 e. The molecule has 3 heterocycles. The van der Waals surface area contributed by atoms with Gasteiger partial charge in [-0.2, -0.15) is 20.0 Å². The SMILES string of the molecule is CC1(C)CC(Oc2nc(Cl)nc(N3C(C)(C)CCCC3(C)C)n2)CC(C)(C)N1O. The van der Waals surface area contributed by atoms with Crippen molar-refractivity contribution in [1.29, 1.82) is 0 Å². The lowest BCUT2D eigenvalue weighted by atomic mass is 9.80. The minimum absolute atomic E-state index is 0.0874. The molecule has 0 aliphatic carbocycles. The summed E-state index contributed by atoms with van der Waals surface area (Å²) in [4.78, 5) is 15.6. The average molecular weight is 426 g/mol. The molecule has 8 heteroatoms. The zero-order valence-electron chi connectivity index (χ0n) is 19.1. The van der Waals surface area contributed by atoms with Crippen LogP contribution in [0.5, 0.6) is 6.01 Å². The van der Waals surface area contributed by atoms with Gasteiger partial charge in [-0.15, -0.1) is 0 Å². The monoisotopic (exact) mass is 425 g/mol. The fourth-order valence-electron chi connectivity index (χ4n) is 5.42. The van der Waals surface area contributed by atoms with Crippen LogP contribution in [0, 0.1) is 0 Å². The molecule has 1 N–H and O–H groups in total. The highest BCUT2D eigenvalue weighted by atomic mass is 35.5. The van der Waals surface area contributed by atoms with Gasteiger partial charge in [-0.3, -0.25) is 0 Å². The molecule has 29 heavy (non-hydrogen) atoms. The van der Waals surface area contributed by atoms with E-state index in [9.17, 15) is 5.21 Å².